The van der Waals surface area contributed by atoms with Crippen LogP contribution in [0.1, 0.15) is 39.5 Å². The maximum Gasteiger partial charge on any atom is 0.0661 e. The first-order valence-corrected chi connectivity index (χ1v) is 6.68. The summed E-state index contributed by atoms with van der Waals surface area (Å²) >= 11 is 5.97. The van der Waals surface area contributed by atoms with Crippen molar-refractivity contribution in [1.29, 1.82) is 0 Å². The third kappa shape index (κ3) is 4.21. The molecular formula is C14H22ClNO. The highest BCUT2D eigenvalue weighted by atomic mass is 35.5. The first-order valence-electron chi connectivity index (χ1n) is 6.30. The van der Waals surface area contributed by atoms with E-state index in [1.165, 1.54) is 0 Å². The van der Waals surface area contributed by atoms with Gasteiger partial charge in [0.25, 0.3) is 0 Å². The molecule has 0 amide bonds. The van der Waals surface area contributed by atoms with Gasteiger partial charge in [-0.25, -0.2) is 0 Å². The Kier molecular flexibility index (Phi) is 5.79. The molecule has 2 N–H and O–H groups in total. The van der Waals surface area contributed by atoms with Gasteiger partial charge in [-0.2, -0.15) is 0 Å². The van der Waals surface area contributed by atoms with Crippen LogP contribution < -0.4 is 5.32 Å². The maximum absolute atomic E-state index is 9.67. The fourth-order valence-corrected chi connectivity index (χ4v) is 2.47. The Bertz CT molecular complexity index is 335. The predicted molar refractivity (Wildman–Crippen MR) is 74.7 cm³/mol. The summed E-state index contributed by atoms with van der Waals surface area (Å²) in [6, 6.07) is 7.66. The minimum absolute atomic E-state index is 0.154. The van der Waals surface area contributed by atoms with Crippen molar-refractivity contribution in [1.82, 2.24) is 0 Å². The molecule has 0 aromatic heterocycles. The molecule has 0 aliphatic carbocycles. The Morgan fingerprint density at radius 1 is 1.24 bits per heavy atom. The van der Waals surface area contributed by atoms with E-state index in [0.29, 0.717) is 0 Å². The molecule has 1 rings (SSSR count). The second-order valence-corrected chi connectivity index (χ2v) is 5.01. The van der Waals surface area contributed by atoms with Gasteiger partial charge in [0.1, 0.15) is 0 Å². The molecular weight excluding hydrogens is 234 g/mol. The number of hydrogen-bond donors (Lipinski definition) is 2. The smallest absolute Gasteiger partial charge is 0.0661 e. The lowest BCUT2D eigenvalue weighted by Crippen LogP contribution is -2.42. The normalized spacial score (nSPS) is 11.5. The van der Waals surface area contributed by atoms with Crippen LogP contribution in [0.5, 0.6) is 0 Å². The molecule has 0 bridgehead atoms. The van der Waals surface area contributed by atoms with E-state index in [1.54, 1.807) is 0 Å². The van der Waals surface area contributed by atoms with Crippen molar-refractivity contribution in [3.63, 3.8) is 0 Å². The van der Waals surface area contributed by atoms with Gasteiger partial charge >= 0.3 is 0 Å². The van der Waals surface area contributed by atoms with Gasteiger partial charge in [0, 0.05) is 10.7 Å². The summed E-state index contributed by atoms with van der Waals surface area (Å²) in [5, 5.41) is 13.8. The van der Waals surface area contributed by atoms with E-state index in [2.05, 4.69) is 19.2 Å². The van der Waals surface area contributed by atoms with Crippen LogP contribution in [0.15, 0.2) is 24.3 Å². The largest absolute Gasteiger partial charge is 0.394 e. The summed E-state index contributed by atoms with van der Waals surface area (Å²) in [5.74, 6) is 0. The summed E-state index contributed by atoms with van der Waals surface area (Å²) in [7, 11) is 0. The number of aliphatic hydroxyl groups is 1. The molecule has 1 aromatic rings. The quantitative estimate of drug-likeness (QED) is 0.769. The van der Waals surface area contributed by atoms with Crippen molar-refractivity contribution in [2.24, 2.45) is 0 Å². The highest BCUT2D eigenvalue weighted by Gasteiger charge is 2.27. The molecule has 0 spiro atoms. The van der Waals surface area contributed by atoms with E-state index in [0.717, 1.165) is 36.4 Å². The molecule has 0 radical (unpaired) electrons. The van der Waals surface area contributed by atoms with Crippen LogP contribution in [0.25, 0.3) is 0 Å². The van der Waals surface area contributed by atoms with Crippen molar-refractivity contribution < 1.29 is 5.11 Å². The molecule has 2 nitrogen and oxygen atoms in total. The average molecular weight is 256 g/mol. The summed E-state index contributed by atoms with van der Waals surface area (Å²) in [4.78, 5) is 0. The van der Waals surface area contributed by atoms with Crippen LogP contribution in [-0.2, 0) is 0 Å². The fourth-order valence-electron chi connectivity index (χ4n) is 2.28. The van der Waals surface area contributed by atoms with Crippen molar-refractivity contribution in [3.05, 3.63) is 29.3 Å². The Hall–Kier alpha value is -0.730. The van der Waals surface area contributed by atoms with Crippen molar-refractivity contribution in [3.8, 4) is 0 Å². The van der Waals surface area contributed by atoms with E-state index in [-0.39, 0.29) is 12.1 Å². The summed E-state index contributed by atoms with van der Waals surface area (Å²) in [6.07, 6.45) is 4.02. The van der Waals surface area contributed by atoms with Gasteiger partial charge < -0.3 is 10.4 Å². The molecule has 0 aliphatic heterocycles. The highest BCUT2D eigenvalue weighted by Crippen LogP contribution is 2.26. The molecule has 17 heavy (non-hydrogen) atoms. The van der Waals surface area contributed by atoms with Crippen molar-refractivity contribution in [2.45, 2.75) is 45.1 Å². The summed E-state index contributed by atoms with van der Waals surface area (Å²) < 4.78 is 0. The molecule has 0 saturated heterocycles. The van der Waals surface area contributed by atoms with E-state index >= 15 is 0 Å². The number of halogens is 1. The second-order valence-electron chi connectivity index (χ2n) is 4.57. The molecule has 0 aliphatic rings. The third-order valence-corrected chi connectivity index (χ3v) is 3.23. The average Bonchev–Trinajstić information content (AvgIpc) is 2.29. The lowest BCUT2D eigenvalue weighted by molar-refractivity contribution is 0.192. The first-order chi connectivity index (χ1) is 8.15. The first kappa shape index (κ1) is 14.3. The number of nitrogens with one attached hydrogen (secondary N) is 1. The number of hydrogen-bond acceptors (Lipinski definition) is 2. The van der Waals surface area contributed by atoms with Crippen LogP contribution in [0, 0.1) is 0 Å². The topological polar surface area (TPSA) is 32.3 Å². The summed E-state index contributed by atoms with van der Waals surface area (Å²) in [5.41, 5.74) is 0.766. The monoisotopic (exact) mass is 255 g/mol. The molecule has 0 unspecified atom stereocenters. The van der Waals surface area contributed by atoms with Crippen LogP contribution in [-0.4, -0.2) is 17.3 Å². The Morgan fingerprint density at radius 2 is 1.88 bits per heavy atom. The van der Waals surface area contributed by atoms with Gasteiger partial charge in [-0.15, -0.1) is 0 Å². The SMILES string of the molecule is CCCC(CO)(CCC)Nc1cccc(Cl)c1. The van der Waals surface area contributed by atoms with Crippen LogP contribution in [0.4, 0.5) is 5.69 Å². The number of anilines is 1. The zero-order valence-electron chi connectivity index (χ0n) is 10.7. The van der Waals surface area contributed by atoms with Gasteiger partial charge in [-0.3, -0.25) is 0 Å². The van der Waals surface area contributed by atoms with Crippen molar-refractivity contribution >= 4 is 17.3 Å². The number of aliphatic hydroxyl groups excluding tert-OH is 1. The minimum atomic E-state index is -0.214. The third-order valence-electron chi connectivity index (χ3n) is 2.99. The second kappa shape index (κ2) is 6.87. The van der Waals surface area contributed by atoms with Crippen molar-refractivity contribution in [2.75, 3.05) is 11.9 Å². The maximum atomic E-state index is 9.67. The standard InChI is InChI=1S/C14H22ClNO/c1-3-8-14(11-17,9-4-2)16-13-7-5-6-12(15)10-13/h5-7,10,16-17H,3-4,8-9,11H2,1-2H3. The zero-order valence-corrected chi connectivity index (χ0v) is 11.4. The molecule has 3 heteroatoms. The lowest BCUT2D eigenvalue weighted by Gasteiger charge is -2.34. The fraction of sp³-hybridized carbons (Fsp3) is 0.571. The van der Waals surface area contributed by atoms with Gasteiger partial charge in [-0.1, -0.05) is 44.4 Å². The lowest BCUT2D eigenvalue weighted by atomic mass is 9.89. The molecule has 96 valence electrons. The molecule has 1 aromatic carbocycles. The summed E-state index contributed by atoms with van der Waals surface area (Å²) in [6.45, 7) is 4.43. The van der Waals surface area contributed by atoms with Crippen LogP contribution in [0.2, 0.25) is 5.02 Å². The van der Waals surface area contributed by atoms with Gasteiger partial charge in [0.05, 0.1) is 12.1 Å². The van der Waals surface area contributed by atoms with E-state index in [9.17, 15) is 5.11 Å². The minimum Gasteiger partial charge on any atom is -0.394 e. The van der Waals surface area contributed by atoms with Gasteiger partial charge in [-0.05, 0) is 31.0 Å². The zero-order chi connectivity index (χ0) is 12.7. The van der Waals surface area contributed by atoms with E-state index < -0.39 is 0 Å². The highest BCUT2D eigenvalue weighted by molar-refractivity contribution is 6.30. The molecule has 0 fully saturated rings. The number of benzene rings is 1. The van der Waals surface area contributed by atoms with Gasteiger partial charge in [0.15, 0.2) is 0 Å². The van der Waals surface area contributed by atoms with E-state index in [1.807, 2.05) is 24.3 Å². The van der Waals surface area contributed by atoms with Crippen LogP contribution in [0.3, 0.4) is 0 Å². The Labute approximate surface area is 109 Å². The van der Waals surface area contributed by atoms with Crippen LogP contribution >= 0.6 is 11.6 Å². The number of rotatable bonds is 7. The molecule has 0 saturated carbocycles. The molecule has 0 atom stereocenters. The Morgan fingerprint density at radius 3 is 2.35 bits per heavy atom. The predicted octanol–water partition coefficient (Wildman–Crippen LogP) is 4.08. The van der Waals surface area contributed by atoms with E-state index in [4.69, 9.17) is 11.6 Å². The Balaban J connectivity index is 2.84. The van der Waals surface area contributed by atoms with Gasteiger partial charge in [0.2, 0.25) is 0 Å². The molecule has 0 heterocycles.